The molecule has 0 aliphatic carbocycles. The van der Waals surface area contributed by atoms with Crippen LogP contribution in [0.5, 0.6) is 5.75 Å². The SMILES string of the molecule is COc1ccc(CCNc2cc(Nc3cccc(C(C)=O)c3)ncn2)cc1. The van der Waals surface area contributed by atoms with Gasteiger partial charge in [-0.05, 0) is 43.2 Å². The normalized spacial score (nSPS) is 10.3. The molecule has 0 spiro atoms. The predicted molar refractivity (Wildman–Crippen MR) is 107 cm³/mol. The highest BCUT2D eigenvalue weighted by Crippen LogP contribution is 2.18. The minimum atomic E-state index is 0.0298. The molecule has 1 aromatic heterocycles. The van der Waals surface area contributed by atoms with Crippen molar-refractivity contribution in [3.05, 3.63) is 72.1 Å². The second kappa shape index (κ2) is 8.80. The maximum atomic E-state index is 11.5. The number of anilines is 3. The molecule has 0 atom stereocenters. The number of benzene rings is 2. The highest BCUT2D eigenvalue weighted by molar-refractivity contribution is 5.95. The van der Waals surface area contributed by atoms with Crippen LogP contribution in [0.15, 0.2) is 60.9 Å². The Kier molecular flexibility index (Phi) is 5.99. The topological polar surface area (TPSA) is 76.1 Å². The average Bonchev–Trinajstić information content (AvgIpc) is 2.69. The van der Waals surface area contributed by atoms with Crippen molar-refractivity contribution < 1.29 is 9.53 Å². The van der Waals surface area contributed by atoms with E-state index < -0.39 is 0 Å². The molecule has 138 valence electrons. The van der Waals surface area contributed by atoms with E-state index in [2.05, 4.69) is 32.7 Å². The fourth-order valence-corrected chi connectivity index (χ4v) is 2.61. The van der Waals surface area contributed by atoms with Crippen molar-refractivity contribution in [1.29, 1.82) is 0 Å². The lowest BCUT2D eigenvalue weighted by Crippen LogP contribution is -2.07. The van der Waals surface area contributed by atoms with Crippen molar-refractivity contribution >= 4 is 23.1 Å². The van der Waals surface area contributed by atoms with Crippen LogP contribution in [-0.4, -0.2) is 29.4 Å². The number of ketones is 1. The van der Waals surface area contributed by atoms with E-state index in [-0.39, 0.29) is 5.78 Å². The summed E-state index contributed by atoms with van der Waals surface area (Å²) < 4.78 is 5.17. The summed E-state index contributed by atoms with van der Waals surface area (Å²) in [5.74, 6) is 2.29. The molecule has 3 aromatic rings. The lowest BCUT2D eigenvalue weighted by molar-refractivity contribution is 0.101. The first-order chi connectivity index (χ1) is 13.1. The summed E-state index contributed by atoms with van der Waals surface area (Å²) in [4.78, 5) is 20.0. The minimum absolute atomic E-state index is 0.0298. The number of carbonyl (C=O) groups excluding carboxylic acids is 1. The van der Waals surface area contributed by atoms with Crippen molar-refractivity contribution in [2.45, 2.75) is 13.3 Å². The molecular formula is C21H22N4O2. The first-order valence-corrected chi connectivity index (χ1v) is 8.71. The number of methoxy groups -OCH3 is 1. The zero-order valence-corrected chi connectivity index (χ0v) is 15.4. The number of Topliss-reactive ketones (excluding diaryl/α,β-unsaturated/α-hetero) is 1. The summed E-state index contributed by atoms with van der Waals surface area (Å²) >= 11 is 0. The van der Waals surface area contributed by atoms with Gasteiger partial charge in [0.05, 0.1) is 7.11 Å². The Labute approximate surface area is 158 Å². The smallest absolute Gasteiger partial charge is 0.159 e. The van der Waals surface area contributed by atoms with E-state index in [1.54, 1.807) is 26.2 Å². The summed E-state index contributed by atoms with van der Waals surface area (Å²) in [6, 6.07) is 17.2. The van der Waals surface area contributed by atoms with Crippen LogP contribution in [0.1, 0.15) is 22.8 Å². The van der Waals surface area contributed by atoms with Gasteiger partial charge in [-0.2, -0.15) is 0 Å². The number of carbonyl (C=O) groups is 1. The molecule has 1 heterocycles. The third kappa shape index (κ3) is 5.28. The molecule has 0 aliphatic rings. The number of nitrogens with zero attached hydrogens (tertiary/aromatic N) is 2. The molecular weight excluding hydrogens is 340 g/mol. The predicted octanol–water partition coefficient (Wildman–Crippen LogP) is 4.09. The maximum Gasteiger partial charge on any atom is 0.159 e. The highest BCUT2D eigenvalue weighted by atomic mass is 16.5. The number of ether oxygens (including phenoxy) is 1. The van der Waals surface area contributed by atoms with Crippen LogP contribution < -0.4 is 15.4 Å². The molecule has 0 radical (unpaired) electrons. The lowest BCUT2D eigenvalue weighted by atomic mass is 10.1. The molecule has 0 bridgehead atoms. The van der Waals surface area contributed by atoms with Crippen molar-refractivity contribution in [1.82, 2.24) is 9.97 Å². The molecule has 0 saturated heterocycles. The maximum absolute atomic E-state index is 11.5. The fraction of sp³-hybridized carbons (Fsp3) is 0.190. The van der Waals surface area contributed by atoms with E-state index in [0.29, 0.717) is 11.4 Å². The average molecular weight is 362 g/mol. The standard InChI is InChI=1S/C21H22N4O2/c1-15(26)17-4-3-5-18(12-17)25-21-13-20(23-14-24-21)22-11-10-16-6-8-19(27-2)9-7-16/h3-9,12-14H,10-11H2,1-2H3,(H2,22,23,24,25). The Morgan fingerprint density at radius 2 is 1.81 bits per heavy atom. The zero-order chi connectivity index (χ0) is 19.1. The molecule has 3 rings (SSSR count). The van der Waals surface area contributed by atoms with Gasteiger partial charge < -0.3 is 15.4 Å². The number of hydrogen-bond acceptors (Lipinski definition) is 6. The van der Waals surface area contributed by atoms with Crippen LogP contribution in [0, 0.1) is 0 Å². The molecule has 2 N–H and O–H groups in total. The quantitative estimate of drug-likeness (QED) is 0.588. The number of hydrogen-bond donors (Lipinski definition) is 2. The van der Waals surface area contributed by atoms with Crippen LogP contribution >= 0.6 is 0 Å². The monoisotopic (exact) mass is 362 g/mol. The largest absolute Gasteiger partial charge is 0.497 e. The van der Waals surface area contributed by atoms with Crippen LogP contribution in [-0.2, 0) is 6.42 Å². The van der Waals surface area contributed by atoms with Crippen molar-refractivity contribution in [3.63, 3.8) is 0 Å². The summed E-state index contributed by atoms with van der Waals surface area (Å²) in [6.45, 7) is 2.30. The van der Waals surface area contributed by atoms with E-state index in [9.17, 15) is 4.79 Å². The third-order valence-electron chi connectivity index (χ3n) is 4.09. The van der Waals surface area contributed by atoms with Crippen molar-refractivity contribution in [3.8, 4) is 5.75 Å². The molecule has 6 nitrogen and oxygen atoms in total. The molecule has 6 heteroatoms. The van der Waals surface area contributed by atoms with Gasteiger partial charge in [-0.1, -0.05) is 24.3 Å². The summed E-state index contributed by atoms with van der Waals surface area (Å²) in [7, 11) is 1.66. The van der Waals surface area contributed by atoms with Gasteiger partial charge in [0.1, 0.15) is 23.7 Å². The van der Waals surface area contributed by atoms with E-state index in [1.165, 1.54) is 11.9 Å². The van der Waals surface area contributed by atoms with Crippen LogP contribution in [0.4, 0.5) is 17.3 Å². The molecule has 0 fully saturated rings. The Morgan fingerprint density at radius 3 is 2.56 bits per heavy atom. The van der Waals surface area contributed by atoms with E-state index >= 15 is 0 Å². The summed E-state index contributed by atoms with van der Waals surface area (Å²) in [5.41, 5.74) is 2.69. The zero-order valence-electron chi connectivity index (χ0n) is 15.4. The van der Waals surface area contributed by atoms with Gasteiger partial charge in [-0.15, -0.1) is 0 Å². The van der Waals surface area contributed by atoms with Crippen molar-refractivity contribution in [2.75, 3.05) is 24.3 Å². The fourth-order valence-electron chi connectivity index (χ4n) is 2.61. The van der Waals surface area contributed by atoms with Crippen LogP contribution in [0.25, 0.3) is 0 Å². The molecule has 0 amide bonds. The van der Waals surface area contributed by atoms with Gasteiger partial charge in [-0.3, -0.25) is 4.79 Å². The highest BCUT2D eigenvalue weighted by Gasteiger charge is 2.03. The second-order valence-electron chi connectivity index (χ2n) is 6.08. The van der Waals surface area contributed by atoms with Gasteiger partial charge in [0.2, 0.25) is 0 Å². The molecule has 27 heavy (non-hydrogen) atoms. The Balaban J connectivity index is 1.58. The number of nitrogens with one attached hydrogen (secondary N) is 2. The first kappa shape index (κ1) is 18.4. The van der Waals surface area contributed by atoms with Crippen LogP contribution in [0.2, 0.25) is 0 Å². The first-order valence-electron chi connectivity index (χ1n) is 8.71. The lowest BCUT2D eigenvalue weighted by Gasteiger charge is -2.09. The Hall–Kier alpha value is -3.41. The number of aromatic nitrogens is 2. The van der Waals surface area contributed by atoms with Gasteiger partial charge in [-0.25, -0.2) is 9.97 Å². The Morgan fingerprint density at radius 1 is 1.04 bits per heavy atom. The Bertz CT molecular complexity index is 910. The van der Waals surface area contributed by atoms with Gasteiger partial charge in [0.25, 0.3) is 0 Å². The molecule has 2 aromatic carbocycles. The molecule has 0 unspecified atom stereocenters. The van der Waals surface area contributed by atoms with E-state index in [1.807, 2.05) is 30.3 Å². The number of rotatable bonds is 8. The van der Waals surface area contributed by atoms with Gasteiger partial charge >= 0.3 is 0 Å². The van der Waals surface area contributed by atoms with Gasteiger partial charge in [0.15, 0.2) is 5.78 Å². The van der Waals surface area contributed by atoms with E-state index in [0.717, 1.165) is 30.2 Å². The third-order valence-corrected chi connectivity index (χ3v) is 4.09. The van der Waals surface area contributed by atoms with Crippen molar-refractivity contribution in [2.24, 2.45) is 0 Å². The molecule has 0 saturated carbocycles. The molecule has 0 aliphatic heterocycles. The van der Waals surface area contributed by atoms with Crippen LogP contribution in [0.3, 0.4) is 0 Å². The van der Waals surface area contributed by atoms with E-state index in [4.69, 9.17) is 4.74 Å². The summed E-state index contributed by atoms with van der Waals surface area (Å²) in [5, 5.41) is 6.50. The summed E-state index contributed by atoms with van der Waals surface area (Å²) in [6.07, 6.45) is 2.38. The minimum Gasteiger partial charge on any atom is -0.497 e. The van der Waals surface area contributed by atoms with Gasteiger partial charge in [0, 0.05) is 23.9 Å². The second-order valence-corrected chi connectivity index (χ2v) is 6.08.